The monoisotopic (exact) mass is 543 g/mol. The van der Waals surface area contributed by atoms with Crippen molar-refractivity contribution < 1.29 is 9.59 Å². The lowest BCUT2D eigenvalue weighted by Crippen LogP contribution is -2.65. The van der Waals surface area contributed by atoms with Crippen molar-refractivity contribution in [3.63, 3.8) is 0 Å². The zero-order valence-corrected chi connectivity index (χ0v) is 23.8. The predicted octanol–water partition coefficient (Wildman–Crippen LogP) is 4.35. The number of benzene rings is 1. The maximum atomic E-state index is 13.7. The molecule has 0 aliphatic carbocycles. The summed E-state index contributed by atoms with van der Waals surface area (Å²) in [6.07, 6.45) is 12.6. The van der Waals surface area contributed by atoms with Gasteiger partial charge in [0.25, 0.3) is 5.91 Å². The molecule has 40 heavy (non-hydrogen) atoms. The molecule has 214 valence electrons. The minimum Gasteiger partial charge on any atom is -0.353 e. The van der Waals surface area contributed by atoms with E-state index < -0.39 is 0 Å². The molecule has 0 saturated carbocycles. The van der Waals surface area contributed by atoms with Crippen LogP contribution in [0.3, 0.4) is 0 Å². The van der Waals surface area contributed by atoms with Gasteiger partial charge in [-0.15, -0.1) is 0 Å². The van der Waals surface area contributed by atoms with Crippen LogP contribution in [0.5, 0.6) is 0 Å². The number of hydrogen-bond acceptors (Lipinski definition) is 5. The first-order valence-corrected chi connectivity index (χ1v) is 15.7. The molecule has 0 unspecified atom stereocenters. The Kier molecular flexibility index (Phi) is 8.78. The number of piperidine rings is 4. The largest absolute Gasteiger partial charge is 0.353 e. The lowest BCUT2D eigenvalue weighted by Gasteiger charge is -2.57. The summed E-state index contributed by atoms with van der Waals surface area (Å²) in [5, 5.41) is 3.33. The molecule has 4 fully saturated rings. The van der Waals surface area contributed by atoms with E-state index in [1.807, 2.05) is 12.1 Å². The van der Waals surface area contributed by atoms with E-state index in [-0.39, 0.29) is 23.9 Å². The second kappa shape index (κ2) is 12.8. The highest BCUT2D eigenvalue weighted by Gasteiger charge is 2.49. The van der Waals surface area contributed by atoms with Crippen LogP contribution in [0.25, 0.3) is 0 Å². The third kappa shape index (κ3) is 6.26. The Morgan fingerprint density at radius 2 is 1.73 bits per heavy atom. The fourth-order valence-corrected chi connectivity index (χ4v) is 8.10. The number of likely N-dealkylation sites (tertiary alicyclic amines) is 2. The molecule has 0 radical (unpaired) electrons. The second-order valence-corrected chi connectivity index (χ2v) is 12.5. The third-order valence-corrected chi connectivity index (χ3v) is 9.95. The molecule has 1 N–H and O–H groups in total. The summed E-state index contributed by atoms with van der Waals surface area (Å²) < 4.78 is 0. The molecule has 1 aromatic carbocycles. The molecule has 4 saturated heterocycles. The third-order valence-electron chi connectivity index (χ3n) is 9.95. The van der Waals surface area contributed by atoms with Crippen LogP contribution < -0.4 is 5.32 Å². The SMILES string of the molecule is O=C(CCC[C@@H]1[C@H]2CCCN3CCC[C@@H](CN1C(=O)c1cccnc1)[C@@H]23)NC1CCN(Cc2ccccc2)CC1. The van der Waals surface area contributed by atoms with E-state index >= 15 is 0 Å². The standard InChI is InChI=1S/C33H45N5O2/c39-31(35-28-15-20-36(21-16-28)23-25-8-2-1-3-9-25)14-4-13-30-29-12-7-19-37-18-6-11-27(32(29)37)24-38(30)33(40)26-10-5-17-34-22-26/h1-3,5,8-10,17,22,27-30,32H,4,6-7,11-16,18-21,23-24H2,(H,35,39)/t27-,29+,30+,32-/m0/s1. The summed E-state index contributed by atoms with van der Waals surface area (Å²) in [5.74, 6) is 1.35. The number of hydrogen-bond donors (Lipinski definition) is 1. The van der Waals surface area contributed by atoms with Crippen molar-refractivity contribution in [2.45, 2.75) is 82.5 Å². The molecule has 0 bridgehead atoms. The Labute approximate surface area is 239 Å². The summed E-state index contributed by atoms with van der Waals surface area (Å²) in [5.41, 5.74) is 2.04. The molecular weight excluding hydrogens is 498 g/mol. The van der Waals surface area contributed by atoms with Crippen molar-refractivity contribution in [1.82, 2.24) is 25.0 Å². The molecular formula is C33H45N5O2. The van der Waals surface area contributed by atoms with Crippen LogP contribution in [-0.2, 0) is 11.3 Å². The van der Waals surface area contributed by atoms with Crippen LogP contribution in [-0.4, -0.2) is 82.3 Å². The quantitative estimate of drug-likeness (QED) is 0.536. The lowest BCUT2D eigenvalue weighted by atomic mass is 9.69. The summed E-state index contributed by atoms with van der Waals surface area (Å²) >= 11 is 0. The molecule has 4 atom stereocenters. The van der Waals surface area contributed by atoms with Gasteiger partial charge in [-0.1, -0.05) is 30.3 Å². The minimum absolute atomic E-state index is 0.117. The van der Waals surface area contributed by atoms with Gasteiger partial charge in [-0.2, -0.15) is 0 Å². The maximum absolute atomic E-state index is 13.7. The number of nitrogens with one attached hydrogen (secondary N) is 1. The van der Waals surface area contributed by atoms with Crippen molar-refractivity contribution in [3.05, 3.63) is 66.0 Å². The van der Waals surface area contributed by atoms with Crippen LogP contribution in [0, 0.1) is 11.8 Å². The maximum Gasteiger partial charge on any atom is 0.255 e. The molecule has 2 aromatic rings. The molecule has 4 aliphatic rings. The van der Waals surface area contributed by atoms with Gasteiger partial charge in [0.2, 0.25) is 5.91 Å². The van der Waals surface area contributed by atoms with Crippen LogP contribution in [0.4, 0.5) is 0 Å². The van der Waals surface area contributed by atoms with Gasteiger partial charge in [-0.05, 0) is 94.0 Å². The van der Waals surface area contributed by atoms with Crippen LogP contribution in [0.2, 0.25) is 0 Å². The fraction of sp³-hybridized carbons (Fsp3) is 0.606. The lowest BCUT2D eigenvalue weighted by molar-refractivity contribution is -0.122. The molecule has 0 spiro atoms. The second-order valence-electron chi connectivity index (χ2n) is 12.5. The molecule has 4 aliphatic heterocycles. The van der Waals surface area contributed by atoms with E-state index in [1.165, 1.54) is 44.3 Å². The van der Waals surface area contributed by atoms with Crippen LogP contribution in [0.15, 0.2) is 54.9 Å². The van der Waals surface area contributed by atoms with Gasteiger partial charge in [0, 0.05) is 63.1 Å². The predicted molar refractivity (Wildman–Crippen MR) is 157 cm³/mol. The van der Waals surface area contributed by atoms with E-state index in [4.69, 9.17) is 0 Å². The zero-order valence-electron chi connectivity index (χ0n) is 23.8. The molecule has 7 nitrogen and oxygen atoms in total. The van der Waals surface area contributed by atoms with Crippen molar-refractivity contribution in [1.29, 1.82) is 0 Å². The first-order valence-electron chi connectivity index (χ1n) is 15.7. The highest BCUT2D eigenvalue weighted by molar-refractivity contribution is 5.94. The summed E-state index contributed by atoms with van der Waals surface area (Å²) in [4.78, 5) is 38.3. The Hall–Kier alpha value is -2.77. The Balaban J connectivity index is 1.03. The van der Waals surface area contributed by atoms with Crippen molar-refractivity contribution in [3.8, 4) is 0 Å². The van der Waals surface area contributed by atoms with Gasteiger partial charge in [0.1, 0.15) is 0 Å². The average Bonchev–Trinajstić information content (AvgIpc) is 3.00. The van der Waals surface area contributed by atoms with E-state index in [9.17, 15) is 9.59 Å². The van der Waals surface area contributed by atoms with Gasteiger partial charge in [0.05, 0.1) is 5.56 Å². The highest BCUT2D eigenvalue weighted by Crippen LogP contribution is 2.43. The number of amides is 2. The molecule has 1 aromatic heterocycles. The van der Waals surface area contributed by atoms with Gasteiger partial charge in [-0.25, -0.2) is 0 Å². The number of aromatic nitrogens is 1. The number of pyridine rings is 1. The Bertz CT molecular complexity index is 1120. The smallest absolute Gasteiger partial charge is 0.255 e. The Morgan fingerprint density at radius 1 is 0.925 bits per heavy atom. The van der Waals surface area contributed by atoms with Crippen molar-refractivity contribution in [2.24, 2.45) is 11.8 Å². The number of carbonyl (C=O) groups is 2. The first-order chi connectivity index (χ1) is 19.7. The van der Waals surface area contributed by atoms with Crippen molar-refractivity contribution in [2.75, 3.05) is 32.7 Å². The molecule has 2 amide bonds. The summed E-state index contributed by atoms with van der Waals surface area (Å²) in [7, 11) is 0. The topological polar surface area (TPSA) is 68.8 Å². The van der Waals surface area contributed by atoms with Gasteiger partial charge < -0.3 is 10.2 Å². The molecule has 7 heteroatoms. The fourth-order valence-electron chi connectivity index (χ4n) is 8.10. The van der Waals surface area contributed by atoms with E-state index in [0.29, 0.717) is 29.9 Å². The van der Waals surface area contributed by atoms with Gasteiger partial charge in [0.15, 0.2) is 0 Å². The molecule has 6 rings (SSSR count). The summed E-state index contributed by atoms with van der Waals surface area (Å²) in [6.45, 7) is 6.27. The summed E-state index contributed by atoms with van der Waals surface area (Å²) in [6, 6.07) is 15.4. The Morgan fingerprint density at radius 3 is 2.50 bits per heavy atom. The van der Waals surface area contributed by atoms with Crippen LogP contribution >= 0.6 is 0 Å². The highest BCUT2D eigenvalue weighted by atomic mass is 16.2. The van der Waals surface area contributed by atoms with Gasteiger partial charge >= 0.3 is 0 Å². The normalized spacial score (nSPS) is 27.6. The number of rotatable bonds is 8. The van der Waals surface area contributed by atoms with E-state index in [2.05, 4.69) is 55.3 Å². The average molecular weight is 544 g/mol. The van der Waals surface area contributed by atoms with Gasteiger partial charge in [-0.3, -0.25) is 24.4 Å². The van der Waals surface area contributed by atoms with E-state index in [1.54, 1.807) is 12.4 Å². The number of nitrogens with zero attached hydrogens (tertiary/aromatic N) is 4. The first kappa shape index (κ1) is 27.4. The minimum atomic E-state index is 0.117. The molecule has 5 heterocycles. The van der Waals surface area contributed by atoms with Crippen molar-refractivity contribution >= 4 is 11.8 Å². The zero-order chi connectivity index (χ0) is 27.3. The van der Waals surface area contributed by atoms with E-state index in [0.717, 1.165) is 51.9 Å². The van der Waals surface area contributed by atoms with Crippen LogP contribution in [0.1, 0.15) is 73.7 Å². The number of carbonyl (C=O) groups excluding carboxylic acids is 2.